The highest BCUT2D eigenvalue weighted by atomic mass is 32.2. The van der Waals surface area contributed by atoms with Gasteiger partial charge in [-0.1, -0.05) is 6.07 Å². The van der Waals surface area contributed by atoms with E-state index in [0.29, 0.717) is 6.04 Å². The van der Waals surface area contributed by atoms with Crippen molar-refractivity contribution in [2.24, 2.45) is 0 Å². The van der Waals surface area contributed by atoms with Gasteiger partial charge in [0.1, 0.15) is 0 Å². The quantitative estimate of drug-likeness (QED) is 0.768. The van der Waals surface area contributed by atoms with E-state index in [1.807, 2.05) is 11.8 Å². The number of rotatable bonds is 6. The van der Waals surface area contributed by atoms with E-state index in [1.54, 1.807) is 11.3 Å². The van der Waals surface area contributed by atoms with Gasteiger partial charge in [-0.2, -0.15) is 11.8 Å². The third-order valence-electron chi connectivity index (χ3n) is 2.27. The summed E-state index contributed by atoms with van der Waals surface area (Å²) in [7, 11) is 0. The number of hydrogen-bond acceptors (Lipinski definition) is 3. The smallest absolute Gasteiger partial charge is 0.315 e. The predicted octanol–water partition coefficient (Wildman–Crippen LogP) is 2.44. The van der Waals surface area contributed by atoms with Crippen LogP contribution in [-0.2, 0) is 5.75 Å². The van der Waals surface area contributed by atoms with Crippen LogP contribution >= 0.6 is 23.1 Å². The lowest BCUT2D eigenvalue weighted by atomic mass is 10.5. The lowest BCUT2D eigenvalue weighted by molar-refractivity contribution is 0.241. The first-order valence-corrected chi connectivity index (χ1v) is 7.52. The summed E-state index contributed by atoms with van der Waals surface area (Å²) >= 11 is 3.64. The highest BCUT2D eigenvalue weighted by molar-refractivity contribution is 7.98. The maximum Gasteiger partial charge on any atom is 0.315 e. The van der Waals surface area contributed by atoms with Crippen molar-refractivity contribution in [2.75, 3.05) is 12.3 Å². The fourth-order valence-corrected chi connectivity index (χ4v) is 2.97. The van der Waals surface area contributed by atoms with Crippen LogP contribution in [-0.4, -0.2) is 24.4 Å². The van der Waals surface area contributed by atoms with Gasteiger partial charge in [-0.15, -0.1) is 11.3 Å². The van der Waals surface area contributed by atoms with Gasteiger partial charge in [0, 0.05) is 29.0 Å². The summed E-state index contributed by atoms with van der Waals surface area (Å²) in [5, 5.41) is 7.86. The van der Waals surface area contributed by atoms with Crippen molar-refractivity contribution >= 4 is 29.1 Å². The number of carbonyl (C=O) groups is 1. The Kier molecular flexibility index (Phi) is 4.54. The summed E-state index contributed by atoms with van der Waals surface area (Å²) in [6.45, 7) is 0.745. The molecule has 0 bridgehead atoms. The number of urea groups is 1. The molecule has 2 amide bonds. The monoisotopic (exact) mass is 256 g/mol. The minimum absolute atomic E-state index is 0.0146. The molecule has 1 aliphatic rings. The van der Waals surface area contributed by atoms with Crippen molar-refractivity contribution in [1.29, 1.82) is 0 Å². The topological polar surface area (TPSA) is 41.1 Å². The number of carbonyl (C=O) groups excluding carboxylic acids is 1. The van der Waals surface area contributed by atoms with E-state index in [9.17, 15) is 4.79 Å². The molecule has 2 rings (SSSR count). The van der Waals surface area contributed by atoms with E-state index < -0.39 is 0 Å². The summed E-state index contributed by atoms with van der Waals surface area (Å²) in [4.78, 5) is 12.7. The largest absolute Gasteiger partial charge is 0.337 e. The van der Waals surface area contributed by atoms with Gasteiger partial charge in [-0.05, 0) is 24.3 Å². The van der Waals surface area contributed by atoms with E-state index in [4.69, 9.17) is 0 Å². The summed E-state index contributed by atoms with van der Waals surface area (Å²) in [6, 6.07) is 4.64. The molecule has 1 heterocycles. The fraction of sp³-hybridized carbons (Fsp3) is 0.545. The number of amides is 2. The number of thioether (sulfide) groups is 1. The minimum Gasteiger partial charge on any atom is -0.337 e. The van der Waals surface area contributed by atoms with Crippen LogP contribution in [0.3, 0.4) is 0 Å². The fourth-order valence-electron chi connectivity index (χ4n) is 1.27. The van der Waals surface area contributed by atoms with Gasteiger partial charge in [-0.3, -0.25) is 0 Å². The summed E-state index contributed by atoms with van der Waals surface area (Å²) in [5.41, 5.74) is 0. The molecule has 16 heavy (non-hydrogen) atoms. The Labute approximate surface area is 104 Å². The molecule has 0 unspecified atom stereocenters. The highest BCUT2D eigenvalue weighted by Gasteiger charge is 2.22. The molecule has 0 atom stereocenters. The zero-order chi connectivity index (χ0) is 11.2. The molecule has 2 N–H and O–H groups in total. The number of nitrogens with one attached hydrogen (secondary N) is 2. The van der Waals surface area contributed by atoms with E-state index >= 15 is 0 Å². The molecule has 0 radical (unpaired) electrons. The Morgan fingerprint density at radius 2 is 2.44 bits per heavy atom. The predicted molar refractivity (Wildman–Crippen MR) is 70.0 cm³/mol. The van der Waals surface area contributed by atoms with Crippen LogP contribution in [0.5, 0.6) is 0 Å². The second-order valence-electron chi connectivity index (χ2n) is 3.81. The van der Waals surface area contributed by atoms with Crippen molar-refractivity contribution in [3.05, 3.63) is 22.4 Å². The molecule has 0 saturated heterocycles. The highest BCUT2D eigenvalue weighted by Crippen LogP contribution is 2.18. The van der Waals surface area contributed by atoms with Gasteiger partial charge in [-0.25, -0.2) is 4.79 Å². The first kappa shape index (κ1) is 11.8. The van der Waals surface area contributed by atoms with Crippen LogP contribution in [0.15, 0.2) is 17.5 Å². The maximum atomic E-state index is 11.3. The zero-order valence-corrected chi connectivity index (χ0v) is 10.7. The van der Waals surface area contributed by atoms with Crippen LogP contribution in [0.1, 0.15) is 17.7 Å². The molecule has 0 aromatic carbocycles. The lowest BCUT2D eigenvalue weighted by Crippen LogP contribution is -2.37. The standard InChI is InChI=1S/C11H16N2OS2/c14-11(13-9-3-4-9)12-5-7-15-8-10-2-1-6-16-10/h1-2,6,9H,3-5,7-8H2,(H2,12,13,14). The van der Waals surface area contributed by atoms with Gasteiger partial charge in [0.2, 0.25) is 0 Å². The maximum absolute atomic E-state index is 11.3. The van der Waals surface area contributed by atoms with Crippen molar-refractivity contribution in [1.82, 2.24) is 10.6 Å². The van der Waals surface area contributed by atoms with Crippen LogP contribution in [0.2, 0.25) is 0 Å². The van der Waals surface area contributed by atoms with Gasteiger partial charge in [0.05, 0.1) is 0 Å². The van der Waals surface area contributed by atoms with Crippen molar-refractivity contribution in [3.63, 3.8) is 0 Å². The first-order chi connectivity index (χ1) is 7.84. The molecule has 5 heteroatoms. The van der Waals surface area contributed by atoms with Gasteiger partial charge in [0.15, 0.2) is 0 Å². The van der Waals surface area contributed by atoms with Crippen LogP contribution in [0, 0.1) is 0 Å². The summed E-state index contributed by atoms with van der Waals surface area (Å²) in [6.07, 6.45) is 2.28. The third-order valence-corrected chi connectivity index (χ3v) is 4.34. The average molecular weight is 256 g/mol. The molecule has 0 aliphatic heterocycles. The molecule has 1 fully saturated rings. The molecule has 88 valence electrons. The molecular formula is C11H16N2OS2. The normalized spacial score (nSPS) is 14.8. The van der Waals surface area contributed by atoms with Gasteiger partial charge < -0.3 is 10.6 Å². The molecule has 1 aromatic heterocycles. The van der Waals surface area contributed by atoms with Gasteiger partial charge in [0.25, 0.3) is 0 Å². The SMILES string of the molecule is O=C(NCCSCc1cccs1)NC1CC1. The Bertz CT molecular complexity index is 323. The molecule has 1 aliphatic carbocycles. The Morgan fingerprint density at radius 1 is 1.56 bits per heavy atom. The molecule has 0 spiro atoms. The number of thiophene rings is 1. The summed E-state index contributed by atoms with van der Waals surface area (Å²) < 4.78 is 0. The molecule has 1 saturated carbocycles. The average Bonchev–Trinajstić information content (AvgIpc) is 2.93. The van der Waals surface area contributed by atoms with E-state index in [-0.39, 0.29) is 6.03 Å². The molecular weight excluding hydrogens is 240 g/mol. The second-order valence-corrected chi connectivity index (χ2v) is 5.94. The molecule has 1 aromatic rings. The lowest BCUT2D eigenvalue weighted by Gasteiger charge is -2.05. The van der Waals surface area contributed by atoms with Crippen molar-refractivity contribution < 1.29 is 4.79 Å². The van der Waals surface area contributed by atoms with Crippen molar-refractivity contribution in [3.8, 4) is 0 Å². The Hall–Kier alpha value is -0.680. The molecule has 3 nitrogen and oxygen atoms in total. The van der Waals surface area contributed by atoms with Crippen LogP contribution < -0.4 is 10.6 Å². The minimum atomic E-state index is -0.0146. The second kappa shape index (κ2) is 6.15. The van der Waals surface area contributed by atoms with Crippen molar-refractivity contribution in [2.45, 2.75) is 24.6 Å². The van der Waals surface area contributed by atoms with E-state index in [0.717, 1.165) is 30.9 Å². The van der Waals surface area contributed by atoms with Crippen LogP contribution in [0.25, 0.3) is 0 Å². The van der Waals surface area contributed by atoms with E-state index in [2.05, 4.69) is 28.1 Å². The Balaban J connectivity index is 1.46. The van der Waals surface area contributed by atoms with Gasteiger partial charge >= 0.3 is 6.03 Å². The third kappa shape index (κ3) is 4.45. The van der Waals surface area contributed by atoms with Crippen LogP contribution in [0.4, 0.5) is 4.79 Å². The van der Waals surface area contributed by atoms with E-state index in [1.165, 1.54) is 4.88 Å². The summed E-state index contributed by atoms with van der Waals surface area (Å²) in [5.74, 6) is 2.01. The zero-order valence-electron chi connectivity index (χ0n) is 9.07. The first-order valence-electron chi connectivity index (χ1n) is 5.49. The number of hydrogen-bond donors (Lipinski definition) is 2. The Morgan fingerprint density at radius 3 is 3.12 bits per heavy atom.